The van der Waals surface area contributed by atoms with E-state index in [-0.39, 0.29) is 31.1 Å². The fourth-order valence-electron chi connectivity index (χ4n) is 8.72. The van der Waals surface area contributed by atoms with Gasteiger partial charge in [0.15, 0.2) is 6.10 Å². The van der Waals surface area contributed by atoms with Crippen LogP contribution < -0.4 is 0 Å². The van der Waals surface area contributed by atoms with Crippen LogP contribution in [-0.2, 0) is 28.6 Å². The van der Waals surface area contributed by atoms with Crippen LogP contribution in [0.25, 0.3) is 0 Å². The molecule has 0 bridgehead atoms. The Morgan fingerprint density at radius 2 is 0.556 bits per heavy atom. The second-order valence-electron chi connectivity index (χ2n) is 19.8. The van der Waals surface area contributed by atoms with E-state index in [0.29, 0.717) is 19.3 Å². The fourth-order valence-corrected chi connectivity index (χ4v) is 8.72. The summed E-state index contributed by atoms with van der Waals surface area (Å²) in [5.74, 6) is 0.0577. The Morgan fingerprint density at radius 1 is 0.317 bits per heavy atom. The van der Waals surface area contributed by atoms with Gasteiger partial charge in [0.1, 0.15) is 13.2 Å². The maximum absolute atomic E-state index is 12.8. The Morgan fingerprint density at radius 3 is 0.825 bits per heavy atom. The van der Waals surface area contributed by atoms with Crippen LogP contribution in [0.1, 0.15) is 323 Å². The molecule has 0 aliphatic carbocycles. The first kappa shape index (κ1) is 61.4. The molecule has 6 heteroatoms. The van der Waals surface area contributed by atoms with Crippen LogP contribution in [0.3, 0.4) is 0 Å². The van der Waals surface area contributed by atoms with Gasteiger partial charge in [0.05, 0.1) is 0 Å². The highest BCUT2D eigenvalue weighted by Crippen LogP contribution is 2.18. The predicted molar refractivity (Wildman–Crippen MR) is 270 cm³/mol. The molecule has 374 valence electrons. The molecule has 2 atom stereocenters. The van der Waals surface area contributed by atoms with E-state index >= 15 is 0 Å². The molecule has 0 aromatic rings. The molecule has 0 spiro atoms. The molecule has 0 aliphatic heterocycles. The van der Waals surface area contributed by atoms with Gasteiger partial charge in [-0.25, -0.2) is 0 Å². The quantitative estimate of drug-likeness (QED) is 0.0344. The maximum Gasteiger partial charge on any atom is 0.306 e. The standard InChI is InChI=1S/C57H110O6/c1-5-8-10-12-14-16-18-20-21-25-29-33-37-41-45-49-56(59)62-52-54(51-61-55(58)48-44-40-36-32-28-19-17-15-13-11-9-6-2)63-57(60)50-46-42-38-34-30-26-23-22-24-27-31-35-39-43-47-53(4)7-3/h53-54H,5-52H2,1-4H3/t53?,54-/m0/s1. The zero-order valence-electron chi connectivity index (χ0n) is 43.0. The zero-order chi connectivity index (χ0) is 45.9. The molecule has 0 amide bonds. The summed E-state index contributed by atoms with van der Waals surface area (Å²) in [5.41, 5.74) is 0. The van der Waals surface area contributed by atoms with Gasteiger partial charge in [-0.15, -0.1) is 0 Å². The van der Waals surface area contributed by atoms with Crippen LogP contribution in [0.2, 0.25) is 0 Å². The maximum atomic E-state index is 12.8. The number of hydrogen-bond acceptors (Lipinski definition) is 6. The van der Waals surface area contributed by atoms with Gasteiger partial charge in [-0.2, -0.15) is 0 Å². The van der Waals surface area contributed by atoms with E-state index in [0.717, 1.165) is 63.7 Å². The van der Waals surface area contributed by atoms with Crippen molar-refractivity contribution in [3.05, 3.63) is 0 Å². The summed E-state index contributed by atoms with van der Waals surface area (Å²) in [5, 5.41) is 0. The fraction of sp³-hybridized carbons (Fsp3) is 0.947. The minimum absolute atomic E-state index is 0.0619. The van der Waals surface area contributed by atoms with Gasteiger partial charge >= 0.3 is 17.9 Å². The Labute approximate surface area is 393 Å². The lowest BCUT2D eigenvalue weighted by Gasteiger charge is -2.18. The molecule has 0 saturated carbocycles. The molecule has 0 fully saturated rings. The third kappa shape index (κ3) is 49.7. The molecule has 63 heavy (non-hydrogen) atoms. The van der Waals surface area contributed by atoms with Gasteiger partial charge in [0, 0.05) is 19.3 Å². The van der Waals surface area contributed by atoms with Gasteiger partial charge in [0.25, 0.3) is 0 Å². The molecule has 0 saturated heterocycles. The van der Waals surface area contributed by atoms with Crippen molar-refractivity contribution in [2.24, 2.45) is 5.92 Å². The first-order valence-electron chi connectivity index (χ1n) is 28.4. The van der Waals surface area contributed by atoms with Gasteiger partial charge in [-0.1, -0.05) is 285 Å². The van der Waals surface area contributed by atoms with Gasteiger partial charge < -0.3 is 14.2 Å². The molecule has 0 radical (unpaired) electrons. The van der Waals surface area contributed by atoms with Crippen molar-refractivity contribution in [2.45, 2.75) is 329 Å². The van der Waals surface area contributed by atoms with Crippen LogP contribution in [0.5, 0.6) is 0 Å². The van der Waals surface area contributed by atoms with Gasteiger partial charge in [-0.3, -0.25) is 14.4 Å². The molecule has 1 unspecified atom stereocenters. The SMILES string of the molecule is CCCCCCCCCCCCCCCCCC(=O)OC[C@H](COC(=O)CCCCCCCCCCCCCC)OC(=O)CCCCCCCCCCCCCCCCC(C)CC. The third-order valence-corrected chi connectivity index (χ3v) is 13.4. The number of esters is 3. The van der Waals surface area contributed by atoms with E-state index in [9.17, 15) is 14.4 Å². The summed E-state index contributed by atoms with van der Waals surface area (Å²) >= 11 is 0. The summed E-state index contributed by atoms with van der Waals surface area (Å²) in [6.45, 7) is 9.09. The van der Waals surface area contributed by atoms with E-state index < -0.39 is 6.10 Å². The normalized spacial score (nSPS) is 12.4. The third-order valence-electron chi connectivity index (χ3n) is 13.4. The number of hydrogen-bond donors (Lipinski definition) is 0. The van der Waals surface area contributed by atoms with Crippen LogP contribution in [-0.4, -0.2) is 37.2 Å². The monoisotopic (exact) mass is 891 g/mol. The summed E-state index contributed by atoms with van der Waals surface area (Å²) < 4.78 is 16.9. The van der Waals surface area contributed by atoms with Crippen molar-refractivity contribution >= 4 is 17.9 Å². The second kappa shape index (κ2) is 51.4. The highest BCUT2D eigenvalue weighted by Gasteiger charge is 2.19. The van der Waals surface area contributed by atoms with Gasteiger partial charge in [0.2, 0.25) is 0 Å². The largest absolute Gasteiger partial charge is 0.462 e. The summed E-state index contributed by atoms with van der Waals surface area (Å²) in [4.78, 5) is 38.1. The highest BCUT2D eigenvalue weighted by molar-refractivity contribution is 5.71. The van der Waals surface area contributed by atoms with Crippen molar-refractivity contribution in [3.8, 4) is 0 Å². The molecule has 0 aromatic heterocycles. The molecule has 6 nitrogen and oxygen atoms in total. The number of rotatable bonds is 52. The molecule has 0 heterocycles. The van der Waals surface area contributed by atoms with E-state index in [4.69, 9.17) is 14.2 Å². The average molecular weight is 892 g/mol. The first-order chi connectivity index (χ1) is 30.9. The van der Waals surface area contributed by atoms with Crippen molar-refractivity contribution < 1.29 is 28.6 Å². The Hall–Kier alpha value is -1.59. The second-order valence-corrected chi connectivity index (χ2v) is 19.8. The van der Waals surface area contributed by atoms with Crippen LogP contribution in [0, 0.1) is 5.92 Å². The van der Waals surface area contributed by atoms with Crippen molar-refractivity contribution in [3.63, 3.8) is 0 Å². The smallest absolute Gasteiger partial charge is 0.306 e. The molecule has 0 N–H and O–H groups in total. The summed E-state index contributed by atoms with van der Waals surface area (Å²) in [7, 11) is 0. The highest BCUT2D eigenvalue weighted by atomic mass is 16.6. The lowest BCUT2D eigenvalue weighted by molar-refractivity contribution is -0.167. The summed E-state index contributed by atoms with van der Waals surface area (Å²) in [6.07, 6.45) is 55.1. The first-order valence-corrected chi connectivity index (χ1v) is 28.4. The predicted octanol–water partition coefficient (Wildman–Crippen LogP) is 18.6. The minimum Gasteiger partial charge on any atom is -0.462 e. The molecule has 0 rings (SSSR count). The zero-order valence-corrected chi connectivity index (χ0v) is 43.0. The van der Waals surface area contributed by atoms with Crippen LogP contribution >= 0.6 is 0 Å². The molecular weight excluding hydrogens is 781 g/mol. The van der Waals surface area contributed by atoms with Crippen molar-refractivity contribution in [2.75, 3.05) is 13.2 Å². The van der Waals surface area contributed by atoms with E-state index in [1.54, 1.807) is 0 Å². The number of ether oxygens (including phenoxy) is 3. The molecule has 0 aromatic carbocycles. The number of unbranched alkanes of at least 4 members (excludes halogenated alkanes) is 38. The van der Waals surface area contributed by atoms with Gasteiger partial charge in [-0.05, 0) is 25.2 Å². The molecule has 0 aliphatic rings. The Balaban J connectivity index is 4.29. The Bertz CT molecular complexity index is 951. The van der Waals surface area contributed by atoms with Crippen molar-refractivity contribution in [1.29, 1.82) is 0 Å². The van der Waals surface area contributed by atoms with Crippen LogP contribution in [0.4, 0.5) is 0 Å². The van der Waals surface area contributed by atoms with E-state index in [1.165, 1.54) is 218 Å². The lowest BCUT2D eigenvalue weighted by Crippen LogP contribution is -2.30. The number of carbonyl (C=O) groups is 3. The molecular formula is C57H110O6. The van der Waals surface area contributed by atoms with E-state index in [2.05, 4.69) is 27.7 Å². The number of carbonyl (C=O) groups excluding carboxylic acids is 3. The average Bonchev–Trinajstić information content (AvgIpc) is 3.28. The topological polar surface area (TPSA) is 78.9 Å². The lowest BCUT2D eigenvalue weighted by atomic mass is 9.99. The minimum atomic E-state index is -0.761. The van der Waals surface area contributed by atoms with Crippen molar-refractivity contribution in [1.82, 2.24) is 0 Å². The van der Waals surface area contributed by atoms with Crippen LogP contribution in [0.15, 0.2) is 0 Å². The van der Waals surface area contributed by atoms with E-state index in [1.807, 2.05) is 0 Å². The summed E-state index contributed by atoms with van der Waals surface area (Å²) in [6, 6.07) is 0. The Kier molecular flexibility index (Phi) is 50.1.